The number of carbonyl (C=O) groups is 1. The van der Waals surface area contributed by atoms with Crippen molar-refractivity contribution in [2.75, 3.05) is 0 Å². The molecule has 0 heterocycles. The molecule has 0 aromatic heterocycles. The van der Waals surface area contributed by atoms with E-state index in [2.05, 4.69) is 32.0 Å². The minimum atomic E-state index is 0.133. The second kappa shape index (κ2) is 6.58. The maximum atomic E-state index is 11.8. The highest BCUT2D eigenvalue weighted by molar-refractivity contribution is 5.82. The minimum Gasteiger partial charge on any atom is -0.299 e. The summed E-state index contributed by atoms with van der Waals surface area (Å²) < 4.78 is 0. The number of aryl methyl sites for hydroxylation is 1. The lowest BCUT2D eigenvalue weighted by Gasteiger charge is -2.11. The van der Waals surface area contributed by atoms with E-state index in [1.54, 1.807) is 0 Å². The van der Waals surface area contributed by atoms with Crippen LogP contribution in [-0.4, -0.2) is 5.78 Å². The summed E-state index contributed by atoms with van der Waals surface area (Å²) >= 11 is 0. The number of ketones is 1. The Morgan fingerprint density at radius 2 is 1.65 bits per heavy atom. The summed E-state index contributed by atoms with van der Waals surface area (Å²) in [6, 6.07) is 8.35. The third-order valence-corrected chi connectivity index (χ3v) is 3.12. The van der Waals surface area contributed by atoms with Crippen LogP contribution < -0.4 is 0 Å². The van der Waals surface area contributed by atoms with E-state index >= 15 is 0 Å². The molecule has 0 radical (unpaired) electrons. The van der Waals surface area contributed by atoms with E-state index in [4.69, 9.17) is 0 Å². The first kappa shape index (κ1) is 14.0. The van der Waals surface area contributed by atoms with Gasteiger partial charge in [0.15, 0.2) is 0 Å². The van der Waals surface area contributed by atoms with Crippen LogP contribution in [0, 0.1) is 11.8 Å². The Balaban J connectivity index is 2.74. The Bertz CT molecular complexity index is 364. The predicted octanol–water partition coefficient (Wildman–Crippen LogP) is 4.04. The zero-order valence-electron chi connectivity index (χ0n) is 11.5. The molecule has 1 nitrogen and oxygen atoms in total. The second-order valence-corrected chi connectivity index (χ2v) is 5.50. The highest BCUT2D eigenvalue weighted by Crippen LogP contribution is 2.16. The average molecular weight is 232 g/mol. The Hall–Kier alpha value is -1.11. The third kappa shape index (κ3) is 4.72. The summed E-state index contributed by atoms with van der Waals surface area (Å²) in [5.74, 6) is 1.18. The van der Waals surface area contributed by atoms with E-state index in [1.165, 1.54) is 17.5 Å². The molecule has 0 amide bonds. The third-order valence-electron chi connectivity index (χ3n) is 3.12. The van der Waals surface area contributed by atoms with Gasteiger partial charge in [0.1, 0.15) is 5.78 Å². The van der Waals surface area contributed by atoms with Crippen LogP contribution in [0.3, 0.4) is 0 Å². The molecule has 1 aromatic carbocycles. The van der Waals surface area contributed by atoms with Gasteiger partial charge in [-0.15, -0.1) is 0 Å². The summed E-state index contributed by atoms with van der Waals surface area (Å²) in [5.41, 5.74) is 2.56. The van der Waals surface area contributed by atoms with E-state index in [-0.39, 0.29) is 5.92 Å². The normalized spacial score (nSPS) is 11.2. The monoisotopic (exact) mass is 232 g/mol. The Morgan fingerprint density at radius 3 is 2.18 bits per heavy atom. The lowest BCUT2D eigenvalue weighted by atomic mass is 9.93. The summed E-state index contributed by atoms with van der Waals surface area (Å²) in [4.78, 5) is 11.8. The van der Waals surface area contributed by atoms with Crippen LogP contribution in [0.15, 0.2) is 24.3 Å². The number of carbonyl (C=O) groups excluding carboxylic acids is 1. The van der Waals surface area contributed by atoms with Crippen molar-refractivity contribution in [2.24, 2.45) is 11.8 Å². The fourth-order valence-corrected chi connectivity index (χ4v) is 1.81. The van der Waals surface area contributed by atoms with Crippen LogP contribution >= 0.6 is 0 Å². The van der Waals surface area contributed by atoms with Crippen molar-refractivity contribution in [1.82, 2.24) is 0 Å². The minimum absolute atomic E-state index is 0.133. The van der Waals surface area contributed by atoms with Gasteiger partial charge in [-0.05, 0) is 29.9 Å². The fourth-order valence-electron chi connectivity index (χ4n) is 1.81. The molecule has 17 heavy (non-hydrogen) atoms. The van der Waals surface area contributed by atoms with E-state index in [0.29, 0.717) is 18.1 Å². The van der Waals surface area contributed by atoms with Crippen molar-refractivity contribution >= 4 is 5.78 Å². The van der Waals surface area contributed by atoms with Crippen LogP contribution in [0.2, 0.25) is 0 Å². The van der Waals surface area contributed by atoms with Gasteiger partial charge in [0.05, 0.1) is 0 Å². The molecule has 1 heteroatoms. The molecule has 0 saturated heterocycles. The van der Waals surface area contributed by atoms with Gasteiger partial charge < -0.3 is 0 Å². The molecule has 0 N–H and O–H groups in total. The van der Waals surface area contributed by atoms with Crippen molar-refractivity contribution in [1.29, 1.82) is 0 Å². The molecule has 0 aliphatic heterocycles. The smallest absolute Gasteiger partial charge is 0.139 e. The molecule has 94 valence electrons. The van der Waals surface area contributed by atoms with E-state index in [1.807, 2.05) is 19.9 Å². The summed E-state index contributed by atoms with van der Waals surface area (Å²) in [7, 11) is 0. The fraction of sp³-hybridized carbons (Fsp3) is 0.562. The van der Waals surface area contributed by atoms with Gasteiger partial charge in [-0.2, -0.15) is 0 Å². The average Bonchev–Trinajstić information content (AvgIpc) is 2.27. The van der Waals surface area contributed by atoms with E-state index in [9.17, 15) is 4.79 Å². The van der Waals surface area contributed by atoms with Crippen LogP contribution in [0.1, 0.15) is 45.2 Å². The largest absolute Gasteiger partial charge is 0.299 e. The van der Waals surface area contributed by atoms with Gasteiger partial charge in [-0.1, -0.05) is 52.0 Å². The van der Waals surface area contributed by atoms with Crippen molar-refractivity contribution in [3.05, 3.63) is 35.4 Å². The maximum absolute atomic E-state index is 11.8. The number of Topliss-reactive ketones (excluding diaryl/α,β-unsaturated/α-hetero) is 1. The highest BCUT2D eigenvalue weighted by Gasteiger charge is 2.11. The van der Waals surface area contributed by atoms with Crippen LogP contribution in [0.25, 0.3) is 0 Å². The molecule has 1 rings (SSSR count). The molecule has 0 aliphatic rings. The van der Waals surface area contributed by atoms with Crippen LogP contribution in [0.4, 0.5) is 0 Å². The van der Waals surface area contributed by atoms with Gasteiger partial charge in [0.2, 0.25) is 0 Å². The maximum Gasteiger partial charge on any atom is 0.139 e. The SMILES string of the molecule is CC(C)CCc1ccccc1CC(=O)C(C)C. The van der Waals surface area contributed by atoms with Crippen molar-refractivity contribution < 1.29 is 4.79 Å². The molecular weight excluding hydrogens is 208 g/mol. The molecule has 0 aliphatic carbocycles. The molecule has 0 saturated carbocycles. The van der Waals surface area contributed by atoms with Crippen molar-refractivity contribution in [3.8, 4) is 0 Å². The van der Waals surface area contributed by atoms with Gasteiger partial charge >= 0.3 is 0 Å². The zero-order chi connectivity index (χ0) is 12.8. The predicted molar refractivity (Wildman–Crippen MR) is 73.2 cm³/mol. The summed E-state index contributed by atoms with van der Waals surface area (Å²) in [5, 5.41) is 0. The number of benzene rings is 1. The van der Waals surface area contributed by atoms with E-state index < -0.39 is 0 Å². The Labute approximate surface area is 105 Å². The zero-order valence-corrected chi connectivity index (χ0v) is 11.5. The Morgan fingerprint density at radius 1 is 1.06 bits per heavy atom. The molecule has 1 aromatic rings. The molecule has 0 spiro atoms. The number of hydrogen-bond donors (Lipinski definition) is 0. The van der Waals surface area contributed by atoms with Crippen molar-refractivity contribution in [2.45, 2.75) is 47.0 Å². The van der Waals surface area contributed by atoms with Gasteiger partial charge in [0, 0.05) is 12.3 Å². The summed E-state index contributed by atoms with van der Waals surface area (Å²) in [6.07, 6.45) is 2.86. The molecule has 0 fully saturated rings. The first-order valence-corrected chi connectivity index (χ1v) is 6.60. The van der Waals surface area contributed by atoms with Crippen LogP contribution in [-0.2, 0) is 17.6 Å². The van der Waals surface area contributed by atoms with Gasteiger partial charge in [-0.3, -0.25) is 4.79 Å². The number of hydrogen-bond acceptors (Lipinski definition) is 1. The standard InChI is InChI=1S/C16H24O/c1-12(2)9-10-14-7-5-6-8-15(14)11-16(17)13(3)4/h5-8,12-13H,9-11H2,1-4H3. The first-order valence-electron chi connectivity index (χ1n) is 6.60. The summed E-state index contributed by atoms with van der Waals surface area (Å²) in [6.45, 7) is 8.42. The van der Waals surface area contributed by atoms with Crippen LogP contribution in [0.5, 0.6) is 0 Å². The topological polar surface area (TPSA) is 17.1 Å². The second-order valence-electron chi connectivity index (χ2n) is 5.50. The Kier molecular flexibility index (Phi) is 5.40. The van der Waals surface area contributed by atoms with Crippen molar-refractivity contribution in [3.63, 3.8) is 0 Å². The molecule has 0 bridgehead atoms. The van der Waals surface area contributed by atoms with E-state index in [0.717, 1.165) is 6.42 Å². The molecular formula is C16H24O. The highest BCUT2D eigenvalue weighted by atomic mass is 16.1. The molecule has 0 unspecified atom stereocenters. The van der Waals surface area contributed by atoms with Gasteiger partial charge in [0.25, 0.3) is 0 Å². The lowest BCUT2D eigenvalue weighted by Crippen LogP contribution is -2.11. The first-order chi connectivity index (χ1) is 8.00. The quantitative estimate of drug-likeness (QED) is 0.723. The lowest BCUT2D eigenvalue weighted by molar-refractivity contribution is -0.121. The number of rotatable bonds is 6. The van der Waals surface area contributed by atoms with Gasteiger partial charge in [-0.25, -0.2) is 0 Å². The molecule has 0 atom stereocenters.